The third-order valence-electron chi connectivity index (χ3n) is 3.06. The molecule has 0 saturated heterocycles. The van der Waals surface area contributed by atoms with E-state index in [9.17, 15) is 14.3 Å². The van der Waals surface area contributed by atoms with E-state index in [-0.39, 0.29) is 10.9 Å². The molecule has 21 heavy (non-hydrogen) atoms. The van der Waals surface area contributed by atoms with Gasteiger partial charge >= 0.3 is 5.97 Å². The van der Waals surface area contributed by atoms with Crippen molar-refractivity contribution in [3.63, 3.8) is 0 Å². The average molecular weight is 350 g/mol. The molecule has 0 unspecified atom stereocenters. The molecule has 1 aromatic carbocycles. The third-order valence-corrected chi connectivity index (χ3v) is 3.67. The molecule has 0 spiro atoms. The summed E-state index contributed by atoms with van der Waals surface area (Å²) in [5.74, 6) is -1.65. The average Bonchev–Trinajstić information content (AvgIpc) is 2.84. The Hall–Kier alpha value is -2.28. The van der Waals surface area contributed by atoms with Crippen LogP contribution in [0, 0.1) is 5.82 Å². The van der Waals surface area contributed by atoms with Crippen LogP contribution in [0.4, 0.5) is 4.39 Å². The Balaban J connectivity index is 2.37. The minimum atomic E-state index is -1.13. The van der Waals surface area contributed by atoms with Gasteiger partial charge in [-0.05, 0) is 34.1 Å². The van der Waals surface area contributed by atoms with E-state index in [2.05, 4.69) is 26.0 Å². The lowest BCUT2D eigenvalue weighted by molar-refractivity contribution is 0.0699. The number of pyridine rings is 1. The summed E-state index contributed by atoms with van der Waals surface area (Å²) < 4.78 is 15.5. The topological polar surface area (TPSA) is 68.0 Å². The van der Waals surface area contributed by atoms with Gasteiger partial charge in [0, 0.05) is 28.7 Å². The van der Waals surface area contributed by atoms with Crippen LogP contribution in [0.5, 0.6) is 0 Å². The molecular weight excluding hydrogens is 341 g/mol. The predicted molar refractivity (Wildman–Crippen MR) is 78.6 cm³/mol. The summed E-state index contributed by atoms with van der Waals surface area (Å²) >= 11 is 3.23. The molecule has 106 valence electrons. The summed E-state index contributed by atoms with van der Waals surface area (Å²) in [6.45, 7) is 0. The van der Waals surface area contributed by atoms with Crippen LogP contribution in [0.15, 0.2) is 35.1 Å². The van der Waals surface area contributed by atoms with Gasteiger partial charge in [-0.1, -0.05) is 0 Å². The first kappa shape index (κ1) is 13.7. The number of carbonyl (C=O) groups is 1. The van der Waals surface area contributed by atoms with E-state index in [1.165, 1.54) is 18.2 Å². The van der Waals surface area contributed by atoms with Crippen LogP contribution in [0.1, 0.15) is 10.4 Å². The fourth-order valence-corrected chi connectivity index (χ4v) is 2.65. The zero-order valence-corrected chi connectivity index (χ0v) is 12.4. The number of carboxylic acids is 1. The van der Waals surface area contributed by atoms with Gasteiger partial charge in [-0.25, -0.2) is 14.2 Å². The van der Waals surface area contributed by atoms with Crippen molar-refractivity contribution in [3.05, 3.63) is 46.4 Å². The lowest BCUT2D eigenvalue weighted by atomic mass is 10.1. The first-order valence-electron chi connectivity index (χ1n) is 5.98. The Morgan fingerprint density at radius 1 is 1.38 bits per heavy atom. The SMILES string of the molecule is Cn1cc(-c2cc(C(=O)O)c3cc(F)cc(Br)c3n2)cn1. The molecule has 5 nitrogen and oxygen atoms in total. The number of carboxylic acid groups (broad SMARTS) is 1. The van der Waals surface area contributed by atoms with Crippen LogP contribution in [-0.4, -0.2) is 25.8 Å². The largest absolute Gasteiger partial charge is 0.478 e. The molecule has 0 aliphatic rings. The molecule has 0 saturated carbocycles. The summed E-state index contributed by atoms with van der Waals surface area (Å²) in [4.78, 5) is 15.9. The normalized spacial score (nSPS) is 11.0. The molecule has 3 aromatic rings. The second-order valence-corrected chi connectivity index (χ2v) is 5.40. The van der Waals surface area contributed by atoms with E-state index >= 15 is 0 Å². The quantitative estimate of drug-likeness (QED) is 0.771. The van der Waals surface area contributed by atoms with Crippen molar-refractivity contribution in [2.45, 2.75) is 0 Å². The minimum absolute atomic E-state index is 0.000877. The zero-order chi connectivity index (χ0) is 15.1. The molecule has 0 atom stereocenters. The molecule has 0 aliphatic carbocycles. The van der Waals surface area contributed by atoms with Crippen molar-refractivity contribution in [1.29, 1.82) is 0 Å². The van der Waals surface area contributed by atoms with Crippen molar-refractivity contribution < 1.29 is 14.3 Å². The van der Waals surface area contributed by atoms with Crippen LogP contribution in [-0.2, 0) is 7.05 Å². The van der Waals surface area contributed by atoms with E-state index in [4.69, 9.17) is 0 Å². The highest BCUT2D eigenvalue weighted by Crippen LogP contribution is 2.30. The highest BCUT2D eigenvalue weighted by atomic mass is 79.9. The predicted octanol–water partition coefficient (Wildman–Crippen LogP) is 3.24. The van der Waals surface area contributed by atoms with Crippen molar-refractivity contribution >= 4 is 32.8 Å². The molecule has 2 aromatic heterocycles. The van der Waals surface area contributed by atoms with Gasteiger partial charge in [0.15, 0.2) is 0 Å². The molecule has 3 rings (SSSR count). The number of benzene rings is 1. The zero-order valence-electron chi connectivity index (χ0n) is 10.8. The maximum atomic E-state index is 13.5. The van der Waals surface area contributed by atoms with E-state index in [0.717, 1.165) is 0 Å². The van der Waals surface area contributed by atoms with Crippen LogP contribution in [0.25, 0.3) is 22.2 Å². The number of aromatic nitrogens is 3. The highest BCUT2D eigenvalue weighted by Gasteiger charge is 2.16. The van der Waals surface area contributed by atoms with E-state index in [1.54, 1.807) is 24.1 Å². The van der Waals surface area contributed by atoms with Gasteiger partial charge in [-0.15, -0.1) is 0 Å². The number of rotatable bonds is 2. The Morgan fingerprint density at radius 2 is 2.14 bits per heavy atom. The molecule has 0 amide bonds. The molecular formula is C14H9BrFN3O2. The molecule has 7 heteroatoms. The standard InChI is InChI=1S/C14H9BrFN3O2/c1-19-6-7(5-17-19)12-4-10(14(20)21)9-2-8(16)3-11(15)13(9)18-12/h2-6H,1H3,(H,20,21). The van der Waals surface area contributed by atoms with Crippen LogP contribution in [0.2, 0.25) is 0 Å². The summed E-state index contributed by atoms with van der Waals surface area (Å²) in [6, 6.07) is 3.85. The highest BCUT2D eigenvalue weighted by molar-refractivity contribution is 9.10. The molecule has 0 fully saturated rings. The third kappa shape index (κ3) is 2.40. The van der Waals surface area contributed by atoms with Gasteiger partial charge in [0.05, 0.1) is 23.0 Å². The van der Waals surface area contributed by atoms with Crippen molar-refractivity contribution in [3.8, 4) is 11.3 Å². The fraction of sp³-hybridized carbons (Fsp3) is 0.0714. The number of hydrogen-bond donors (Lipinski definition) is 1. The number of hydrogen-bond acceptors (Lipinski definition) is 3. The van der Waals surface area contributed by atoms with Gasteiger partial charge in [0.1, 0.15) is 5.82 Å². The molecule has 1 N–H and O–H groups in total. The van der Waals surface area contributed by atoms with Gasteiger partial charge in [0.2, 0.25) is 0 Å². The Labute approximate surface area is 127 Å². The van der Waals surface area contributed by atoms with Gasteiger partial charge in [-0.2, -0.15) is 5.10 Å². The molecule has 0 radical (unpaired) electrons. The van der Waals surface area contributed by atoms with Crippen molar-refractivity contribution in [2.24, 2.45) is 7.05 Å². The monoisotopic (exact) mass is 349 g/mol. The summed E-state index contributed by atoms with van der Waals surface area (Å²) in [5.41, 5.74) is 1.56. The van der Waals surface area contributed by atoms with Gasteiger partial charge < -0.3 is 5.11 Å². The Morgan fingerprint density at radius 3 is 2.76 bits per heavy atom. The van der Waals surface area contributed by atoms with Crippen LogP contribution < -0.4 is 0 Å². The molecule has 0 aliphatic heterocycles. The maximum Gasteiger partial charge on any atom is 0.336 e. The van der Waals surface area contributed by atoms with Crippen LogP contribution in [0.3, 0.4) is 0 Å². The summed E-state index contributed by atoms with van der Waals surface area (Å²) in [7, 11) is 1.76. The van der Waals surface area contributed by atoms with Crippen LogP contribution >= 0.6 is 15.9 Å². The fourth-order valence-electron chi connectivity index (χ4n) is 2.13. The first-order chi connectivity index (χ1) is 9.95. The minimum Gasteiger partial charge on any atom is -0.478 e. The number of fused-ring (bicyclic) bond motifs is 1. The smallest absolute Gasteiger partial charge is 0.336 e. The second kappa shape index (κ2) is 4.92. The van der Waals surface area contributed by atoms with Gasteiger partial charge in [0.25, 0.3) is 0 Å². The van der Waals surface area contributed by atoms with Crippen molar-refractivity contribution in [1.82, 2.24) is 14.8 Å². The van der Waals surface area contributed by atoms with E-state index in [0.29, 0.717) is 21.2 Å². The van der Waals surface area contributed by atoms with E-state index in [1.807, 2.05) is 0 Å². The summed E-state index contributed by atoms with van der Waals surface area (Å²) in [5, 5.41) is 13.6. The number of aromatic carboxylic acids is 1. The number of aryl methyl sites for hydroxylation is 1. The number of halogens is 2. The second-order valence-electron chi connectivity index (χ2n) is 4.55. The number of nitrogens with zero attached hydrogens (tertiary/aromatic N) is 3. The lowest BCUT2D eigenvalue weighted by Crippen LogP contribution is -2.01. The molecule has 0 bridgehead atoms. The lowest BCUT2D eigenvalue weighted by Gasteiger charge is -2.07. The Kier molecular flexibility index (Phi) is 3.21. The molecule has 2 heterocycles. The first-order valence-corrected chi connectivity index (χ1v) is 6.77. The maximum absolute atomic E-state index is 13.5. The van der Waals surface area contributed by atoms with Gasteiger partial charge in [-0.3, -0.25) is 4.68 Å². The Bertz CT molecular complexity index is 876. The van der Waals surface area contributed by atoms with Crippen molar-refractivity contribution in [2.75, 3.05) is 0 Å². The van der Waals surface area contributed by atoms with E-state index < -0.39 is 11.8 Å². The summed E-state index contributed by atoms with van der Waals surface area (Å²) in [6.07, 6.45) is 3.33.